The Hall–Kier alpha value is -2.33. The number of hydrogen-bond acceptors (Lipinski definition) is 2. The lowest BCUT2D eigenvalue weighted by molar-refractivity contribution is -0.130. The zero-order valence-electron chi connectivity index (χ0n) is 10.2. The molecule has 0 fully saturated rings. The van der Waals surface area contributed by atoms with Gasteiger partial charge in [0, 0.05) is 10.6 Å². The molecule has 2 aromatic rings. The van der Waals surface area contributed by atoms with Gasteiger partial charge in [0.05, 0.1) is 5.57 Å². The van der Waals surface area contributed by atoms with Crippen LogP contribution in [-0.2, 0) is 4.79 Å². The molecule has 0 aliphatic rings. The van der Waals surface area contributed by atoms with Gasteiger partial charge in [-0.2, -0.15) is 0 Å². The van der Waals surface area contributed by atoms with E-state index in [1.54, 1.807) is 0 Å². The van der Waals surface area contributed by atoms with E-state index in [0.29, 0.717) is 10.6 Å². The van der Waals surface area contributed by atoms with Crippen molar-refractivity contribution in [2.45, 2.75) is 0 Å². The standard InChI is InChI=1S/C15H10ClFO3/c16-11-3-6-14(18)10(7-11)8-13(15(19)20)9-1-4-12(17)5-2-9/h1-8,18H,(H,19,20)/b13-8-. The van der Waals surface area contributed by atoms with Crippen molar-refractivity contribution in [3.8, 4) is 5.75 Å². The van der Waals surface area contributed by atoms with Crippen LogP contribution in [0.4, 0.5) is 4.39 Å². The molecule has 3 nitrogen and oxygen atoms in total. The number of carboxylic acid groups (broad SMARTS) is 1. The van der Waals surface area contributed by atoms with Crippen molar-refractivity contribution in [2.75, 3.05) is 0 Å². The van der Waals surface area contributed by atoms with E-state index < -0.39 is 11.8 Å². The van der Waals surface area contributed by atoms with Crippen LogP contribution in [0.1, 0.15) is 11.1 Å². The van der Waals surface area contributed by atoms with Gasteiger partial charge in [-0.3, -0.25) is 0 Å². The van der Waals surface area contributed by atoms with Gasteiger partial charge in [0.15, 0.2) is 0 Å². The quantitative estimate of drug-likeness (QED) is 0.668. The van der Waals surface area contributed by atoms with Gasteiger partial charge in [0.25, 0.3) is 0 Å². The van der Waals surface area contributed by atoms with Crippen LogP contribution in [0, 0.1) is 5.82 Å². The molecule has 0 bridgehead atoms. The van der Waals surface area contributed by atoms with Crippen LogP contribution in [0.2, 0.25) is 5.02 Å². The third-order valence-corrected chi connectivity index (χ3v) is 2.91. The summed E-state index contributed by atoms with van der Waals surface area (Å²) in [4.78, 5) is 11.3. The zero-order valence-corrected chi connectivity index (χ0v) is 10.9. The van der Waals surface area contributed by atoms with Crippen LogP contribution >= 0.6 is 11.6 Å². The monoisotopic (exact) mass is 292 g/mol. The van der Waals surface area contributed by atoms with Gasteiger partial charge in [-0.05, 0) is 42.0 Å². The third-order valence-electron chi connectivity index (χ3n) is 2.68. The molecular formula is C15H10ClFO3. The lowest BCUT2D eigenvalue weighted by Crippen LogP contribution is -1.99. The van der Waals surface area contributed by atoms with E-state index in [1.165, 1.54) is 48.5 Å². The molecule has 0 unspecified atom stereocenters. The number of hydrogen-bond donors (Lipinski definition) is 2. The second-order valence-corrected chi connectivity index (χ2v) is 4.51. The first-order valence-electron chi connectivity index (χ1n) is 5.67. The molecule has 102 valence electrons. The Balaban J connectivity index is 2.53. The van der Waals surface area contributed by atoms with Crippen LogP contribution in [0.15, 0.2) is 42.5 Å². The average molecular weight is 293 g/mol. The minimum Gasteiger partial charge on any atom is -0.507 e. The van der Waals surface area contributed by atoms with Crippen LogP contribution in [0.25, 0.3) is 11.6 Å². The van der Waals surface area contributed by atoms with E-state index in [4.69, 9.17) is 11.6 Å². The maximum Gasteiger partial charge on any atom is 0.336 e. The van der Waals surface area contributed by atoms with Crippen LogP contribution in [0.5, 0.6) is 5.75 Å². The van der Waals surface area contributed by atoms with Crippen molar-refractivity contribution in [1.29, 1.82) is 0 Å². The Morgan fingerprint density at radius 1 is 1.15 bits per heavy atom. The Bertz CT molecular complexity index is 678. The maximum atomic E-state index is 12.9. The molecule has 0 saturated heterocycles. The summed E-state index contributed by atoms with van der Waals surface area (Å²) in [5.41, 5.74) is 0.542. The normalized spacial score (nSPS) is 11.4. The topological polar surface area (TPSA) is 57.5 Å². The van der Waals surface area contributed by atoms with Gasteiger partial charge in [-0.1, -0.05) is 23.7 Å². The summed E-state index contributed by atoms with van der Waals surface area (Å²) >= 11 is 5.81. The first kappa shape index (κ1) is 14.1. The number of rotatable bonds is 3. The summed E-state index contributed by atoms with van der Waals surface area (Å²) in [6.45, 7) is 0. The van der Waals surface area contributed by atoms with Gasteiger partial charge in [-0.25, -0.2) is 9.18 Å². The molecule has 0 aromatic heterocycles. The van der Waals surface area contributed by atoms with E-state index in [1.807, 2.05) is 0 Å². The molecule has 0 heterocycles. The Kier molecular flexibility index (Phi) is 4.05. The molecule has 0 radical (unpaired) electrons. The van der Waals surface area contributed by atoms with Gasteiger partial charge < -0.3 is 10.2 Å². The molecule has 0 saturated carbocycles. The molecule has 0 atom stereocenters. The molecule has 5 heteroatoms. The van der Waals surface area contributed by atoms with E-state index >= 15 is 0 Å². The van der Waals surface area contributed by atoms with Crippen LogP contribution < -0.4 is 0 Å². The molecule has 2 rings (SSSR count). The number of benzene rings is 2. The highest BCUT2D eigenvalue weighted by atomic mass is 35.5. The van der Waals surface area contributed by atoms with Crippen molar-refractivity contribution in [3.05, 3.63) is 64.4 Å². The van der Waals surface area contributed by atoms with Gasteiger partial charge in [-0.15, -0.1) is 0 Å². The number of phenolic OH excluding ortho intramolecular Hbond substituents is 1. The zero-order chi connectivity index (χ0) is 14.7. The van der Waals surface area contributed by atoms with Gasteiger partial charge in [0.2, 0.25) is 0 Å². The Morgan fingerprint density at radius 3 is 2.40 bits per heavy atom. The lowest BCUT2D eigenvalue weighted by Gasteiger charge is -2.05. The van der Waals surface area contributed by atoms with Gasteiger partial charge >= 0.3 is 5.97 Å². The highest BCUT2D eigenvalue weighted by molar-refractivity contribution is 6.31. The molecule has 20 heavy (non-hydrogen) atoms. The number of carbonyl (C=O) groups is 1. The number of aromatic hydroxyl groups is 1. The predicted molar refractivity (Wildman–Crippen MR) is 75.0 cm³/mol. The predicted octanol–water partition coefficient (Wildman–Crippen LogP) is 3.81. The highest BCUT2D eigenvalue weighted by Crippen LogP contribution is 2.27. The van der Waals surface area contributed by atoms with E-state index in [-0.39, 0.29) is 16.9 Å². The SMILES string of the molecule is O=C(O)/C(=C\c1cc(Cl)ccc1O)c1ccc(F)cc1. The molecule has 0 spiro atoms. The molecule has 0 aliphatic heterocycles. The number of halogens is 2. The molecular weight excluding hydrogens is 283 g/mol. The second-order valence-electron chi connectivity index (χ2n) is 4.07. The van der Waals surface area contributed by atoms with Crippen molar-refractivity contribution >= 4 is 29.2 Å². The summed E-state index contributed by atoms with van der Waals surface area (Å²) in [6, 6.07) is 9.37. The first-order valence-corrected chi connectivity index (χ1v) is 6.04. The van der Waals surface area contributed by atoms with E-state index in [0.717, 1.165) is 0 Å². The van der Waals surface area contributed by atoms with Gasteiger partial charge in [0.1, 0.15) is 11.6 Å². The lowest BCUT2D eigenvalue weighted by atomic mass is 10.0. The van der Waals surface area contributed by atoms with Crippen molar-refractivity contribution in [1.82, 2.24) is 0 Å². The summed E-state index contributed by atoms with van der Waals surface area (Å²) in [5, 5.41) is 19.3. The number of aliphatic carboxylic acids is 1. The maximum absolute atomic E-state index is 12.9. The molecule has 2 N–H and O–H groups in total. The molecule has 2 aromatic carbocycles. The Morgan fingerprint density at radius 2 is 1.80 bits per heavy atom. The summed E-state index contributed by atoms with van der Waals surface area (Å²) in [7, 11) is 0. The van der Waals surface area contributed by atoms with E-state index in [2.05, 4.69) is 0 Å². The minimum absolute atomic E-state index is 0.0671. The average Bonchev–Trinajstić information content (AvgIpc) is 2.40. The smallest absolute Gasteiger partial charge is 0.336 e. The number of carboxylic acids is 1. The minimum atomic E-state index is -1.18. The number of phenols is 1. The summed E-state index contributed by atoms with van der Waals surface area (Å²) in [6.07, 6.45) is 1.29. The fourth-order valence-corrected chi connectivity index (χ4v) is 1.88. The van der Waals surface area contributed by atoms with Crippen molar-refractivity contribution < 1.29 is 19.4 Å². The first-order chi connectivity index (χ1) is 9.47. The largest absolute Gasteiger partial charge is 0.507 e. The van der Waals surface area contributed by atoms with Crippen LogP contribution in [-0.4, -0.2) is 16.2 Å². The summed E-state index contributed by atoms with van der Waals surface area (Å²) < 4.78 is 12.9. The Labute approximate surface area is 119 Å². The fraction of sp³-hybridized carbons (Fsp3) is 0. The molecule has 0 amide bonds. The van der Waals surface area contributed by atoms with Crippen molar-refractivity contribution in [3.63, 3.8) is 0 Å². The van der Waals surface area contributed by atoms with Crippen LogP contribution in [0.3, 0.4) is 0 Å². The second kappa shape index (κ2) is 5.75. The van der Waals surface area contributed by atoms with E-state index in [9.17, 15) is 19.4 Å². The summed E-state index contributed by atoms with van der Waals surface area (Å²) in [5.74, 6) is -1.73. The van der Waals surface area contributed by atoms with Crippen molar-refractivity contribution in [2.24, 2.45) is 0 Å². The highest BCUT2D eigenvalue weighted by Gasteiger charge is 2.12. The third kappa shape index (κ3) is 3.16. The molecule has 0 aliphatic carbocycles. The fourth-order valence-electron chi connectivity index (χ4n) is 1.69.